The minimum Gasteiger partial charge on any atom is -0.331 e. The van der Waals surface area contributed by atoms with Crippen LogP contribution in [0.1, 0.15) is 28.5 Å². The van der Waals surface area contributed by atoms with Crippen molar-refractivity contribution >= 4 is 56.3 Å². The van der Waals surface area contributed by atoms with Gasteiger partial charge in [0.15, 0.2) is 0 Å². The van der Waals surface area contributed by atoms with Crippen molar-refractivity contribution in [3.8, 4) is 0 Å². The first-order valence-corrected chi connectivity index (χ1v) is 16.5. The highest BCUT2D eigenvalue weighted by molar-refractivity contribution is 8.00. The Morgan fingerprint density at radius 2 is 1.90 bits per heavy atom. The number of hydrogen-bond acceptors (Lipinski definition) is 10. The van der Waals surface area contributed by atoms with Crippen molar-refractivity contribution in [3.05, 3.63) is 82.0 Å². The van der Waals surface area contributed by atoms with Crippen LogP contribution in [0.3, 0.4) is 0 Å². The second-order valence-electron chi connectivity index (χ2n) is 10.1. The molecule has 2 fully saturated rings. The average molecular weight is 612 g/mol. The normalized spacial score (nSPS) is 24.2. The van der Waals surface area contributed by atoms with Crippen LogP contribution in [-0.2, 0) is 19.6 Å². The number of nitrogens with zero attached hydrogens (tertiary/aromatic N) is 3. The molecule has 214 valence electrons. The number of carbonyl (C=O) groups excluding carboxylic acids is 2. The molecular formula is C27H29N7O4S3. The molecule has 0 saturated carbocycles. The number of primary sulfonamides is 1. The molecular weight excluding hydrogens is 583 g/mol. The highest BCUT2D eigenvalue weighted by atomic mass is 32.2. The third kappa shape index (κ3) is 5.76. The number of sulfonamides is 1. The molecule has 4 atom stereocenters. The molecule has 4 heterocycles. The molecule has 41 heavy (non-hydrogen) atoms. The van der Waals surface area contributed by atoms with Gasteiger partial charge in [0.1, 0.15) is 11.7 Å². The summed E-state index contributed by atoms with van der Waals surface area (Å²) in [4.78, 5) is 27.5. The van der Waals surface area contributed by atoms with E-state index in [1.54, 1.807) is 33.5 Å². The van der Waals surface area contributed by atoms with Gasteiger partial charge in [-0.1, -0.05) is 35.9 Å². The van der Waals surface area contributed by atoms with Crippen molar-refractivity contribution in [2.24, 2.45) is 16.2 Å². The average Bonchev–Trinajstić information content (AvgIpc) is 3.72. The number of thiophene rings is 1. The van der Waals surface area contributed by atoms with E-state index in [-0.39, 0.29) is 34.4 Å². The van der Waals surface area contributed by atoms with Crippen molar-refractivity contribution in [1.29, 1.82) is 0 Å². The summed E-state index contributed by atoms with van der Waals surface area (Å²) in [5.41, 5.74) is 6.43. The van der Waals surface area contributed by atoms with Crippen LogP contribution in [-0.4, -0.2) is 54.9 Å². The maximum Gasteiger partial charge on any atom is 0.253 e. The topological polar surface area (TPSA) is 149 Å². The molecule has 3 aliphatic heterocycles. The van der Waals surface area contributed by atoms with Gasteiger partial charge in [-0.05, 0) is 48.2 Å². The molecule has 0 spiro atoms. The highest BCUT2D eigenvalue weighted by Gasteiger charge is 2.44. The predicted molar refractivity (Wildman–Crippen MR) is 159 cm³/mol. The fraction of sp³-hybridized carbons (Fsp3) is 0.296. The van der Waals surface area contributed by atoms with E-state index < -0.39 is 21.7 Å². The van der Waals surface area contributed by atoms with E-state index in [0.29, 0.717) is 18.7 Å². The Labute approximate surface area is 246 Å². The van der Waals surface area contributed by atoms with Gasteiger partial charge in [0.2, 0.25) is 15.9 Å². The third-order valence-electron chi connectivity index (χ3n) is 7.32. The largest absolute Gasteiger partial charge is 0.331 e. The van der Waals surface area contributed by atoms with Gasteiger partial charge in [0.25, 0.3) is 5.91 Å². The lowest BCUT2D eigenvalue weighted by Gasteiger charge is -2.37. The first kappa shape index (κ1) is 27.9. The lowest BCUT2D eigenvalue weighted by molar-refractivity contribution is -0.130. The highest BCUT2D eigenvalue weighted by Crippen LogP contribution is 2.35. The molecule has 14 heteroatoms. The van der Waals surface area contributed by atoms with Crippen LogP contribution in [0.5, 0.6) is 0 Å². The summed E-state index contributed by atoms with van der Waals surface area (Å²) in [7, 11) is -3.81. The number of nitrogens with one attached hydrogen (secondary N) is 3. The van der Waals surface area contributed by atoms with E-state index in [2.05, 4.69) is 16.1 Å². The second kappa shape index (κ2) is 11.2. The van der Waals surface area contributed by atoms with Gasteiger partial charge in [-0.25, -0.2) is 24.0 Å². The second-order valence-corrected chi connectivity index (χ2v) is 13.7. The van der Waals surface area contributed by atoms with Crippen LogP contribution in [0.2, 0.25) is 0 Å². The van der Waals surface area contributed by atoms with Gasteiger partial charge < -0.3 is 5.32 Å². The van der Waals surface area contributed by atoms with Gasteiger partial charge in [-0.2, -0.15) is 5.10 Å². The predicted octanol–water partition coefficient (Wildman–Crippen LogP) is 2.08. The number of benzene rings is 2. The number of thioether (sulfide) groups is 1. The van der Waals surface area contributed by atoms with Crippen LogP contribution >= 0.6 is 23.1 Å². The molecule has 3 aromatic rings. The summed E-state index contributed by atoms with van der Waals surface area (Å²) in [6.07, 6.45) is 0.236. The molecule has 0 aliphatic carbocycles. The van der Waals surface area contributed by atoms with Crippen molar-refractivity contribution in [3.63, 3.8) is 0 Å². The zero-order valence-electron chi connectivity index (χ0n) is 22.1. The van der Waals surface area contributed by atoms with Crippen LogP contribution < -0.4 is 26.2 Å². The van der Waals surface area contributed by atoms with Gasteiger partial charge >= 0.3 is 0 Å². The first-order chi connectivity index (χ1) is 19.7. The number of rotatable bonds is 7. The van der Waals surface area contributed by atoms with Crippen molar-refractivity contribution < 1.29 is 18.0 Å². The number of carbonyl (C=O) groups is 2. The molecule has 6 rings (SSSR count). The fourth-order valence-electron chi connectivity index (χ4n) is 5.19. The fourth-order valence-corrected chi connectivity index (χ4v) is 7.30. The minimum atomic E-state index is -3.81. The van der Waals surface area contributed by atoms with E-state index in [1.165, 1.54) is 23.9 Å². The van der Waals surface area contributed by atoms with Gasteiger partial charge in [0, 0.05) is 13.0 Å². The molecule has 1 aromatic heterocycles. The molecule has 5 N–H and O–H groups in total. The maximum atomic E-state index is 13.5. The Balaban J connectivity index is 1.15. The molecule has 11 nitrogen and oxygen atoms in total. The molecule has 3 aliphatic rings. The van der Waals surface area contributed by atoms with Gasteiger partial charge in [0.05, 0.1) is 38.9 Å². The maximum absolute atomic E-state index is 13.5. The SMILES string of the molecule is Cc1ccc(C2CC(c3cccs3)=NN2C(=O)CSC2NC(=O)C3CNN(c4ccc(S(N)(=O)=O)cc4)C3N2)cc1. The van der Waals surface area contributed by atoms with Gasteiger partial charge in [-0.3, -0.25) is 19.9 Å². The number of hydrogen-bond donors (Lipinski definition) is 4. The van der Waals surface area contributed by atoms with Gasteiger partial charge in [-0.15, -0.1) is 23.1 Å². The van der Waals surface area contributed by atoms with E-state index in [0.717, 1.165) is 21.7 Å². The van der Waals surface area contributed by atoms with E-state index in [9.17, 15) is 18.0 Å². The summed E-state index contributed by atoms with van der Waals surface area (Å²) in [6, 6.07) is 18.1. The molecule has 2 aromatic carbocycles. The number of amides is 2. The lowest BCUT2D eigenvalue weighted by Crippen LogP contribution is -2.63. The molecule has 0 radical (unpaired) electrons. The Kier molecular flexibility index (Phi) is 7.61. The van der Waals surface area contributed by atoms with Crippen LogP contribution in [0, 0.1) is 12.8 Å². The van der Waals surface area contributed by atoms with Crippen LogP contribution in [0.4, 0.5) is 5.69 Å². The number of hydrazine groups is 1. The first-order valence-electron chi connectivity index (χ1n) is 13.0. The third-order valence-corrected chi connectivity index (χ3v) is 10.2. The number of fused-ring (bicyclic) bond motifs is 1. The molecule has 4 unspecified atom stereocenters. The summed E-state index contributed by atoms with van der Waals surface area (Å²) < 4.78 is 23.3. The van der Waals surface area contributed by atoms with Crippen LogP contribution in [0.25, 0.3) is 0 Å². The molecule has 2 saturated heterocycles. The summed E-state index contributed by atoms with van der Waals surface area (Å²) >= 11 is 2.90. The zero-order valence-corrected chi connectivity index (χ0v) is 24.5. The van der Waals surface area contributed by atoms with E-state index in [1.807, 2.05) is 48.7 Å². The number of anilines is 1. The van der Waals surface area contributed by atoms with Crippen molar-refractivity contribution in [2.75, 3.05) is 17.3 Å². The Bertz CT molecular complexity index is 1580. The Morgan fingerprint density at radius 3 is 2.59 bits per heavy atom. The van der Waals surface area contributed by atoms with E-state index >= 15 is 0 Å². The quantitative estimate of drug-likeness (QED) is 0.317. The monoisotopic (exact) mass is 611 g/mol. The Hall–Kier alpha value is -3.27. The summed E-state index contributed by atoms with van der Waals surface area (Å²) in [5, 5.41) is 21.7. The molecule has 2 amide bonds. The van der Waals surface area contributed by atoms with Crippen LogP contribution in [0.15, 0.2) is 76.0 Å². The number of hydrazone groups is 1. The standard InChI is InChI=1S/C27H29N7O4S3/c1-16-4-6-17(7-5-16)22-13-21(23-3-2-12-39-23)32-34(22)24(35)15-40-27-30-25-20(26(36)31-27)14-29-33(25)18-8-10-19(11-9-18)41(28,37)38/h2-12,20,22,25,27,29-30H,13-15H2,1H3,(H,31,36)(H2,28,37,38). The summed E-state index contributed by atoms with van der Waals surface area (Å²) in [6.45, 7) is 2.44. The van der Waals surface area contributed by atoms with Crippen molar-refractivity contribution in [2.45, 2.75) is 35.9 Å². The number of nitrogens with two attached hydrogens (primary N) is 1. The zero-order chi connectivity index (χ0) is 28.7. The Morgan fingerprint density at radius 1 is 1.15 bits per heavy atom. The molecule has 0 bridgehead atoms. The number of aryl methyl sites for hydroxylation is 1. The lowest BCUT2D eigenvalue weighted by atomic mass is 10.00. The van der Waals surface area contributed by atoms with E-state index in [4.69, 9.17) is 10.2 Å². The minimum absolute atomic E-state index is 0.00837. The smallest absolute Gasteiger partial charge is 0.253 e. The summed E-state index contributed by atoms with van der Waals surface area (Å²) in [5.74, 6) is -0.546. The van der Waals surface area contributed by atoms with Crippen molar-refractivity contribution in [1.82, 2.24) is 21.1 Å².